The van der Waals surface area contributed by atoms with Crippen molar-refractivity contribution >= 4 is 27.5 Å². The molecule has 0 aliphatic carbocycles. The Morgan fingerprint density at radius 3 is 2.33 bits per heavy atom. The summed E-state index contributed by atoms with van der Waals surface area (Å²) in [6.07, 6.45) is 1.72. The number of sulfone groups is 1. The van der Waals surface area contributed by atoms with E-state index < -0.39 is 33.7 Å². The molecule has 10 nitrogen and oxygen atoms in total. The zero-order valence-corrected chi connectivity index (χ0v) is 25.6. The van der Waals surface area contributed by atoms with E-state index >= 15 is 0 Å². The van der Waals surface area contributed by atoms with Crippen LogP contribution in [0.5, 0.6) is 0 Å². The molecule has 2 aromatic carbocycles. The van der Waals surface area contributed by atoms with E-state index in [1.54, 1.807) is 18.2 Å². The van der Waals surface area contributed by atoms with E-state index in [4.69, 9.17) is 0 Å². The van der Waals surface area contributed by atoms with E-state index in [-0.39, 0.29) is 48.0 Å². The molecule has 0 saturated carbocycles. The van der Waals surface area contributed by atoms with Crippen molar-refractivity contribution < 1.29 is 27.9 Å². The Kier molecular flexibility index (Phi) is 12.7. The number of hydrazine groups is 1. The largest absolute Gasteiger partial charge is 0.481 e. The number of benzene rings is 2. The lowest BCUT2D eigenvalue weighted by atomic mass is 9.85. The highest BCUT2D eigenvalue weighted by atomic mass is 32.2. The van der Waals surface area contributed by atoms with Crippen molar-refractivity contribution in [1.82, 2.24) is 20.7 Å². The van der Waals surface area contributed by atoms with Crippen LogP contribution in [-0.4, -0.2) is 87.1 Å². The fourth-order valence-corrected chi connectivity index (χ4v) is 6.69. The number of carbonyl (C=O) groups excluding carboxylic acids is 2. The third-order valence-corrected chi connectivity index (χ3v) is 9.54. The highest BCUT2D eigenvalue weighted by Crippen LogP contribution is 2.24. The van der Waals surface area contributed by atoms with E-state index in [0.29, 0.717) is 19.5 Å². The molecule has 3 atom stereocenters. The molecule has 0 unspecified atom stereocenters. The number of Topliss-reactive ketones (excluding diaryl/α,β-unsaturated/α-hetero) is 1. The predicted octanol–water partition coefficient (Wildman–Crippen LogP) is 2.54. The van der Waals surface area contributed by atoms with E-state index in [2.05, 4.69) is 39.9 Å². The van der Waals surface area contributed by atoms with Crippen LogP contribution in [0, 0.1) is 11.8 Å². The molecule has 1 amide bonds. The topological polar surface area (TPSA) is 136 Å². The van der Waals surface area contributed by atoms with Crippen LogP contribution in [0.2, 0.25) is 0 Å². The van der Waals surface area contributed by atoms with E-state index in [0.717, 1.165) is 13.0 Å². The van der Waals surface area contributed by atoms with Gasteiger partial charge in [-0.25, -0.2) is 18.9 Å². The zero-order chi connectivity index (χ0) is 30.7. The van der Waals surface area contributed by atoms with Crippen LogP contribution >= 0.6 is 0 Å². The summed E-state index contributed by atoms with van der Waals surface area (Å²) >= 11 is 0. The maximum atomic E-state index is 13.2. The quantitative estimate of drug-likeness (QED) is 0.266. The number of carboxylic acid groups (broad SMARTS) is 1. The van der Waals surface area contributed by atoms with Gasteiger partial charge in [-0.15, -0.1) is 0 Å². The fraction of sp³-hybridized carbons (Fsp3) is 0.516. The first kappa shape index (κ1) is 33.4. The monoisotopic (exact) mass is 600 g/mol. The summed E-state index contributed by atoms with van der Waals surface area (Å²) in [6.45, 7) is 2.14. The molecular formula is C31H44N4O6S. The van der Waals surface area contributed by atoms with Crippen LogP contribution in [0.15, 0.2) is 59.5 Å². The van der Waals surface area contributed by atoms with Crippen LogP contribution in [-0.2, 0) is 37.2 Å². The molecule has 1 aliphatic heterocycles. The number of likely N-dealkylation sites (N-methyl/N-ethyl adjacent to an activating group) is 1. The summed E-state index contributed by atoms with van der Waals surface area (Å²) in [7, 11) is 2.09. The van der Waals surface area contributed by atoms with Gasteiger partial charge >= 0.3 is 5.97 Å². The summed E-state index contributed by atoms with van der Waals surface area (Å²) in [6, 6.07) is 15.8. The standard InChI is InChI=1S/C31H44N4O6S/c1-32-30(37)29-27(18-20-35(33-29)19-17-23-11-13-24(14-12-23)22-34(2)3)28(36)16-15-25(31(38)39)8-7-21-42(40,41)26-9-5-4-6-10-26/h4-6,9-14,25,27,29,33H,7-8,15-22H2,1-3H3,(H,32,37)(H,38,39)/t25-,27+,29+/m1/s1. The molecule has 2 aromatic rings. The average molecular weight is 601 g/mol. The minimum absolute atomic E-state index is 0.0154. The molecule has 3 N–H and O–H groups in total. The maximum Gasteiger partial charge on any atom is 0.306 e. The summed E-state index contributed by atoms with van der Waals surface area (Å²) in [5.41, 5.74) is 5.66. The number of nitrogens with one attached hydrogen (secondary N) is 2. The number of hydrogen-bond donors (Lipinski definition) is 3. The Balaban J connectivity index is 1.51. The normalized spacial score (nSPS) is 18.5. The molecule has 3 rings (SSSR count). The maximum absolute atomic E-state index is 13.2. The number of rotatable bonds is 16. The van der Waals surface area contributed by atoms with Crippen molar-refractivity contribution in [2.24, 2.45) is 11.8 Å². The molecular weight excluding hydrogens is 556 g/mol. The fourth-order valence-electron chi connectivity index (χ4n) is 5.33. The molecule has 0 bridgehead atoms. The van der Waals surface area contributed by atoms with Crippen LogP contribution in [0.3, 0.4) is 0 Å². The van der Waals surface area contributed by atoms with Crippen molar-refractivity contribution in [2.75, 3.05) is 40.0 Å². The van der Waals surface area contributed by atoms with Gasteiger partial charge in [-0.1, -0.05) is 42.5 Å². The molecule has 0 aromatic heterocycles. The molecule has 1 aliphatic rings. The number of nitrogens with zero attached hydrogens (tertiary/aromatic N) is 2. The molecule has 1 fully saturated rings. The Labute approximate surface area is 249 Å². The lowest BCUT2D eigenvalue weighted by Gasteiger charge is -2.38. The minimum Gasteiger partial charge on any atom is -0.481 e. The van der Waals surface area contributed by atoms with Crippen molar-refractivity contribution in [1.29, 1.82) is 0 Å². The Morgan fingerprint density at radius 1 is 1.05 bits per heavy atom. The first-order chi connectivity index (χ1) is 20.0. The highest BCUT2D eigenvalue weighted by Gasteiger charge is 2.38. The van der Waals surface area contributed by atoms with E-state index in [9.17, 15) is 27.9 Å². The highest BCUT2D eigenvalue weighted by molar-refractivity contribution is 7.91. The van der Waals surface area contributed by atoms with E-state index in [1.807, 2.05) is 19.1 Å². The number of carbonyl (C=O) groups is 3. The summed E-state index contributed by atoms with van der Waals surface area (Å²) in [5.74, 6) is -3.06. The molecule has 1 saturated heterocycles. The second-order valence-corrected chi connectivity index (χ2v) is 13.3. The van der Waals surface area contributed by atoms with Gasteiger partial charge in [-0.3, -0.25) is 14.4 Å². The molecule has 1 heterocycles. The number of ketones is 1. The van der Waals surface area contributed by atoms with Crippen LogP contribution < -0.4 is 10.7 Å². The average Bonchev–Trinajstić information content (AvgIpc) is 2.97. The Hall–Kier alpha value is -3.12. The Bertz CT molecular complexity index is 1280. The van der Waals surface area contributed by atoms with Gasteiger partial charge in [0.2, 0.25) is 5.91 Å². The summed E-state index contributed by atoms with van der Waals surface area (Å²) in [4.78, 5) is 40.2. The minimum atomic E-state index is -3.50. The molecule has 11 heteroatoms. The van der Waals surface area contributed by atoms with Crippen LogP contribution in [0.4, 0.5) is 0 Å². The number of amides is 1. The lowest BCUT2D eigenvalue weighted by Crippen LogP contribution is -2.61. The van der Waals surface area contributed by atoms with Crippen LogP contribution in [0.1, 0.15) is 43.2 Å². The number of aliphatic carboxylic acids is 1. The van der Waals surface area contributed by atoms with Gasteiger partial charge in [-0.05, 0) is 69.5 Å². The Morgan fingerprint density at radius 2 is 1.71 bits per heavy atom. The van der Waals surface area contributed by atoms with Gasteiger partial charge in [0, 0.05) is 39.0 Å². The van der Waals surface area contributed by atoms with Gasteiger partial charge < -0.3 is 15.3 Å². The van der Waals surface area contributed by atoms with Crippen molar-refractivity contribution in [3.05, 3.63) is 65.7 Å². The summed E-state index contributed by atoms with van der Waals surface area (Å²) < 4.78 is 25.1. The van der Waals surface area contributed by atoms with Gasteiger partial charge in [0.25, 0.3) is 0 Å². The smallest absolute Gasteiger partial charge is 0.306 e. The second-order valence-electron chi connectivity index (χ2n) is 11.2. The first-order valence-corrected chi connectivity index (χ1v) is 16.1. The van der Waals surface area contributed by atoms with Crippen molar-refractivity contribution in [3.63, 3.8) is 0 Å². The molecule has 0 radical (unpaired) electrons. The number of hydrogen-bond acceptors (Lipinski definition) is 8. The van der Waals surface area contributed by atoms with Crippen molar-refractivity contribution in [2.45, 2.75) is 56.0 Å². The van der Waals surface area contributed by atoms with Crippen LogP contribution in [0.25, 0.3) is 0 Å². The van der Waals surface area contributed by atoms with E-state index in [1.165, 1.54) is 30.3 Å². The van der Waals surface area contributed by atoms with Crippen molar-refractivity contribution in [3.8, 4) is 0 Å². The second kappa shape index (κ2) is 15.9. The lowest BCUT2D eigenvalue weighted by molar-refractivity contribution is -0.143. The van der Waals surface area contributed by atoms with Gasteiger partial charge in [0.1, 0.15) is 11.8 Å². The third kappa shape index (κ3) is 10.0. The van der Waals surface area contributed by atoms with Gasteiger partial charge in [0.15, 0.2) is 9.84 Å². The molecule has 0 spiro atoms. The zero-order valence-electron chi connectivity index (χ0n) is 24.8. The van der Waals surface area contributed by atoms with Gasteiger partial charge in [-0.2, -0.15) is 0 Å². The summed E-state index contributed by atoms with van der Waals surface area (Å²) in [5, 5.41) is 14.3. The SMILES string of the molecule is CNC(=O)[C@H]1NN(CCc2ccc(CN(C)C)cc2)CC[C@H]1C(=O)CC[C@@H](CCCS(=O)(=O)c1ccccc1)C(=O)O. The first-order valence-electron chi connectivity index (χ1n) is 14.5. The molecule has 230 valence electrons. The molecule has 42 heavy (non-hydrogen) atoms. The predicted molar refractivity (Wildman–Crippen MR) is 161 cm³/mol. The third-order valence-electron chi connectivity index (χ3n) is 7.73. The number of carboxylic acids is 1. The van der Waals surface area contributed by atoms with Gasteiger partial charge in [0.05, 0.1) is 16.6 Å².